The lowest BCUT2D eigenvalue weighted by atomic mass is 10.1. The van der Waals surface area contributed by atoms with Gasteiger partial charge in [0.2, 0.25) is 5.91 Å². The van der Waals surface area contributed by atoms with E-state index in [0.717, 1.165) is 28.4 Å². The molecule has 0 aliphatic heterocycles. The van der Waals surface area contributed by atoms with E-state index < -0.39 is 0 Å². The van der Waals surface area contributed by atoms with Crippen LogP contribution in [0.15, 0.2) is 29.6 Å². The standard InChI is InChI=1S/C15H19N3OS/c1-3-12(16)8-15(19)18-13-6-4-11(5-7-13)14-9-20-10(2)17-14/h4-7,9,12H,3,8,16H2,1-2H3,(H,18,19). The molecule has 0 bridgehead atoms. The van der Waals surface area contributed by atoms with Gasteiger partial charge < -0.3 is 11.1 Å². The van der Waals surface area contributed by atoms with Crippen LogP contribution in [0, 0.1) is 6.92 Å². The van der Waals surface area contributed by atoms with Gasteiger partial charge in [0.1, 0.15) is 0 Å². The Kier molecular flexibility index (Phi) is 4.87. The van der Waals surface area contributed by atoms with E-state index >= 15 is 0 Å². The highest BCUT2D eigenvalue weighted by Crippen LogP contribution is 2.23. The highest BCUT2D eigenvalue weighted by molar-refractivity contribution is 7.09. The summed E-state index contributed by atoms with van der Waals surface area (Å²) in [5, 5.41) is 5.93. The number of hydrogen-bond donors (Lipinski definition) is 2. The van der Waals surface area contributed by atoms with Crippen LogP contribution in [-0.4, -0.2) is 16.9 Å². The van der Waals surface area contributed by atoms with Crippen molar-refractivity contribution in [2.45, 2.75) is 32.7 Å². The van der Waals surface area contributed by atoms with Crippen molar-refractivity contribution in [1.29, 1.82) is 0 Å². The van der Waals surface area contributed by atoms with Crippen LogP contribution in [0.4, 0.5) is 5.69 Å². The molecule has 4 nitrogen and oxygen atoms in total. The van der Waals surface area contributed by atoms with Crippen molar-refractivity contribution in [2.75, 3.05) is 5.32 Å². The monoisotopic (exact) mass is 289 g/mol. The Bertz CT molecular complexity index is 577. The molecule has 1 heterocycles. The molecule has 2 aromatic rings. The fourth-order valence-electron chi connectivity index (χ4n) is 1.81. The average Bonchev–Trinajstić information content (AvgIpc) is 2.86. The predicted octanol–water partition coefficient (Wildman–Crippen LogP) is 3.18. The third kappa shape index (κ3) is 3.88. The van der Waals surface area contributed by atoms with Gasteiger partial charge in [-0.2, -0.15) is 0 Å². The van der Waals surface area contributed by atoms with Gasteiger partial charge in [-0.1, -0.05) is 19.1 Å². The molecule has 5 heteroatoms. The van der Waals surface area contributed by atoms with Gasteiger partial charge in [0.25, 0.3) is 0 Å². The van der Waals surface area contributed by atoms with Crippen molar-refractivity contribution >= 4 is 22.9 Å². The molecular weight excluding hydrogens is 270 g/mol. The molecule has 0 radical (unpaired) electrons. The summed E-state index contributed by atoms with van der Waals surface area (Å²) in [6.45, 7) is 3.96. The summed E-state index contributed by atoms with van der Waals surface area (Å²) < 4.78 is 0. The third-order valence-corrected chi connectivity index (χ3v) is 3.83. The summed E-state index contributed by atoms with van der Waals surface area (Å²) in [5.74, 6) is -0.0448. The van der Waals surface area contributed by atoms with E-state index in [1.54, 1.807) is 11.3 Å². The van der Waals surface area contributed by atoms with Crippen LogP contribution >= 0.6 is 11.3 Å². The second kappa shape index (κ2) is 6.63. The van der Waals surface area contributed by atoms with Gasteiger partial charge in [0, 0.05) is 29.1 Å². The van der Waals surface area contributed by atoms with Crippen molar-refractivity contribution in [3.8, 4) is 11.3 Å². The number of anilines is 1. The molecule has 1 unspecified atom stereocenters. The first-order valence-electron chi connectivity index (χ1n) is 6.66. The van der Waals surface area contributed by atoms with E-state index in [0.29, 0.717) is 6.42 Å². The lowest BCUT2D eigenvalue weighted by Crippen LogP contribution is -2.26. The molecular formula is C15H19N3OS. The summed E-state index contributed by atoms with van der Waals surface area (Å²) in [5.41, 5.74) is 8.57. The number of aromatic nitrogens is 1. The molecule has 0 spiro atoms. The maximum Gasteiger partial charge on any atom is 0.225 e. The SMILES string of the molecule is CCC(N)CC(=O)Nc1ccc(-c2csc(C)n2)cc1. The van der Waals surface area contributed by atoms with Gasteiger partial charge in [-0.3, -0.25) is 4.79 Å². The van der Waals surface area contributed by atoms with Crippen molar-refractivity contribution in [3.05, 3.63) is 34.7 Å². The van der Waals surface area contributed by atoms with Crippen LogP contribution in [0.3, 0.4) is 0 Å². The fourth-order valence-corrected chi connectivity index (χ4v) is 2.44. The largest absolute Gasteiger partial charge is 0.327 e. The van der Waals surface area contributed by atoms with Crippen LogP contribution in [0.1, 0.15) is 24.8 Å². The first kappa shape index (κ1) is 14.7. The highest BCUT2D eigenvalue weighted by atomic mass is 32.1. The van der Waals surface area contributed by atoms with Gasteiger partial charge in [-0.15, -0.1) is 11.3 Å². The van der Waals surface area contributed by atoms with Crippen molar-refractivity contribution < 1.29 is 4.79 Å². The second-order valence-electron chi connectivity index (χ2n) is 4.75. The topological polar surface area (TPSA) is 68.0 Å². The Hall–Kier alpha value is -1.72. The molecule has 1 aromatic heterocycles. The minimum atomic E-state index is -0.0766. The number of nitrogens with zero attached hydrogens (tertiary/aromatic N) is 1. The fraction of sp³-hybridized carbons (Fsp3) is 0.333. The molecule has 1 amide bonds. The maximum absolute atomic E-state index is 11.7. The van der Waals surface area contributed by atoms with Gasteiger partial charge in [-0.05, 0) is 25.5 Å². The Morgan fingerprint density at radius 1 is 1.40 bits per heavy atom. The molecule has 1 atom stereocenters. The maximum atomic E-state index is 11.7. The zero-order valence-electron chi connectivity index (χ0n) is 11.7. The lowest BCUT2D eigenvalue weighted by Gasteiger charge is -2.09. The lowest BCUT2D eigenvalue weighted by molar-refractivity contribution is -0.116. The van der Waals surface area contributed by atoms with E-state index in [1.807, 2.05) is 43.5 Å². The number of hydrogen-bond acceptors (Lipinski definition) is 4. The number of nitrogens with one attached hydrogen (secondary N) is 1. The van der Waals surface area contributed by atoms with Gasteiger partial charge >= 0.3 is 0 Å². The molecule has 2 rings (SSSR count). The van der Waals surface area contributed by atoms with E-state index in [1.165, 1.54) is 0 Å². The minimum Gasteiger partial charge on any atom is -0.327 e. The number of rotatable bonds is 5. The summed E-state index contributed by atoms with van der Waals surface area (Å²) in [4.78, 5) is 16.2. The normalized spacial score (nSPS) is 12.2. The van der Waals surface area contributed by atoms with E-state index in [2.05, 4.69) is 10.3 Å². The zero-order chi connectivity index (χ0) is 14.5. The van der Waals surface area contributed by atoms with Crippen LogP contribution in [0.5, 0.6) is 0 Å². The van der Waals surface area contributed by atoms with E-state index in [9.17, 15) is 4.79 Å². The summed E-state index contributed by atoms with van der Waals surface area (Å²) in [6.07, 6.45) is 1.15. The Morgan fingerprint density at radius 2 is 2.10 bits per heavy atom. The first-order chi connectivity index (χ1) is 9.58. The molecule has 3 N–H and O–H groups in total. The molecule has 0 fully saturated rings. The molecule has 0 saturated carbocycles. The van der Waals surface area contributed by atoms with E-state index in [4.69, 9.17) is 5.73 Å². The summed E-state index contributed by atoms with van der Waals surface area (Å²) in [6, 6.07) is 7.62. The molecule has 106 valence electrons. The van der Waals surface area contributed by atoms with Gasteiger partial charge in [0.05, 0.1) is 10.7 Å². The molecule has 20 heavy (non-hydrogen) atoms. The number of aryl methyl sites for hydroxylation is 1. The summed E-state index contributed by atoms with van der Waals surface area (Å²) in [7, 11) is 0. The molecule has 1 aromatic carbocycles. The number of benzene rings is 1. The minimum absolute atomic E-state index is 0.0448. The van der Waals surface area contributed by atoms with Gasteiger partial charge in [-0.25, -0.2) is 4.98 Å². The quantitative estimate of drug-likeness (QED) is 0.888. The molecule has 0 aliphatic carbocycles. The number of amides is 1. The van der Waals surface area contributed by atoms with Crippen molar-refractivity contribution in [1.82, 2.24) is 4.98 Å². The second-order valence-corrected chi connectivity index (χ2v) is 5.81. The number of nitrogens with two attached hydrogens (primary N) is 1. The smallest absolute Gasteiger partial charge is 0.225 e. The number of carbonyl (C=O) groups is 1. The summed E-state index contributed by atoms with van der Waals surface area (Å²) >= 11 is 1.63. The van der Waals surface area contributed by atoms with Gasteiger partial charge in [0.15, 0.2) is 0 Å². The first-order valence-corrected chi connectivity index (χ1v) is 7.54. The van der Waals surface area contributed by atoms with Crippen LogP contribution in [-0.2, 0) is 4.79 Å². The Balaban J connectivity index is 2.00. The Labute approximate surface area is 123 Å². The number of carbonyl (C=O) groups excluding carboxylic acids is 1. The van der Waals surface area contributed by atoms with Crippen molar-refractivity contribution in [3.63, 3.8) is 0 Å². The zero-order valence-corrected chi connectivity index (χ0v) is 12.5. The van der Waals surface area contributed by atoms with Crippen LogP contribution < -0.4 is 11.1 Å². The highest BCUT2D eigenvalue weighted by Gasteiger charge is 2.08. The van der Waals surface area contributed by atoms with Crippen LogP contribution in [0.2, 0.25) is 0 Å². The molecule has 0 saturated heterocycles. The number of thiazole rings is 1. The average molecular weight is 289 g/mol. The van der Waals surface area contributed by atoms with Crippen LogP contribution in [0.25, 0.3) is 11.3 Å². The third-order valence-electron chi connectivity index (χ3n) is 3.06. The van der Waals surface area contributed by atoms with E-state index in [-0.39, 0.29) is 11.9 Å². The predicted molar refractivity (Wildman–Crippen MR) is 83.8 cm³/mol. The van der Waals surface area contributed by atoms with Crippen molar-refractivity contribution in [2.24, 2.45) is 5.73 Å². The Morgan fingerprint density at radius 3 is 2.65 bits per heavy atom. The molecule has 0 aliphatic rings.